The summed E-state index contributed by atoms with van der Waals surface area (Å²) in [5.41, 5.74) is 0.972. The Labute approximate surface area is 151 Å². The zero-order valence-corrected chi connectivity index (χ0v) is 14.6. The summed E-state index contributed by atoms with van der Waals surface area (Å²) < 4.78 is 16.2. The number of amides is 2. The maximum atomic E-state index is 12.1. The molecule has 7 heteroatoms. The standard InChI is InChI=1S/C18H19ClN2O4/c1-21(11-13-2-7-16-17(10-13)25-12-24-16)18(22)20-8-9-23-15-5-3-14(19)4-6-15/h2-7,10H,8-9,11-12H2,1H3,(H,20,22). The van der Waals surface area contributed by atoms with E-state index in [1.165, 1.54) is 0 Å². The Morgan fingerprint density at radius 3 is 2.76 bits per heavy atom. The number of ether oxygens (including phenoxy) is 3. The van der Waals surface area contributed by atoms with Crippen molar-refractivity contribution in [3.05, 3.63) is 53.1 Å². The average molecular weight is 363 g/mol. The second-order valence-electron chi connectivity index (χ2n) is 5.58. The monoisotopic (exact) mass is 362 g/mol. The van der Waals surface area contributed by atoms with Gasteiger partial charge in [0.05, 0.1) is 6.54 Å². The fraction of sp³-hybridized carbons (Fsp3) is 0.278. The van der Waals surface area contributed by atoms with Crippen LogP contribution in [0.4, 0.5) is 4.79 Å². The van der Waals surface area contributed by atoms with Crippen LogP contribution in [0.3, 0.4) is 0 Å². The molecule has 0 saturated heterocycles. The minimum absolute atomic E-state index is 0.169. The molecular formula is C18H19ClN2O4. The normalized spacial score (nSPS) is 11.9. The van der Waals surface area contributed by atoms with Gasteiger partial charge >= 0.3 is 6.03 Å². The molecule has 132 valence electrons. The van der Waals surface area contributed by atoms with Crippen molar-refractivity contribution >= 4 is 17.6 Å². The lowest BCUT2D eigenvalue weighted by Crippen LogP contribution is -2.38. The molecule has 0 unspecified atom stereocenters. The van der Waals surface area contributed by atoms with Gasteiger partial charge < -0.3 is 24.4 Å². The summed E-state index contributed by atoms with van der Waals surface area (Å²) in [6.07, 6.45) is 0. The van der Waals surface area contributed by atoms with Crippen LogP contribution in [0, 0.1) is 0 Å². The lowest BCUT2D eigenvalue weighted by Gasteiger charge is -2.18. The third-order valence-corrected chi connectivity index (χ3v) is 3.92. The summed E-state index contributed by atoms with van der Waals surface area (Å²) in [5, 5.41) is 3.47. The second kappa shape index (κ2) is 7.98. The molecule has 0 bridgehead atoms. The fourth-order valence-electron chi connectivity index (χ4n) is 2.38. The zero-order chi connectivity index (χ0) is 17.6. The van der Waals surface area contributed by atoms with Gasteiger partial charge in [-0.2, -0.15) is 0 Å². The van der Waals surface area contributed by atoms with Crippen molar-refractivity contribution in [1.82, 2.24) is 10.2 Å². The highest BCUT2D eigenvalue weighted by Crippen LogP contribution is 2.32. The molecule has 1 aliphatic rings. The number of carbonyl (C=O) groups is 1. The van der Waals surface area contributed by atoms with Gasteiger partial charge in [-0.05, 0) is 42.0 Å². The Morgan fingerprint density at radius 1 is 1.20 bits per heavy atom. The van der Waals surface area contributed by atoms with Crippen LogP contribution in [0.15, 0.2) is 42.5 Å². The first-order valence-corrected chi connectivity index (χ1v) is 8.25. The first kappa shape index (κ1) is 17.2. The van der Waals surface area contributed by atoms with Crippen LogP contribution in [0.5, 0.6) is 17.2 Å². The summed E-state index contributed by atoms with van der Waals surface area (Å²) >= 11 is 5.81. The molecule has 0 aliphatic carbocycles. The van der Waals surface area contributed by atoms with Crippen molar-refractivity contribution in [3.63, 3.8) is 0 Å². The van der Waals surface area contributed by atoms with E-state index < -0.39 is 0 Å². The number of benzene rings is 2. The number of nitrogens with zero attached hydrogens (tertiary/aromatic N) is 1. The molecule has 2 amide bonds. The molecule has 0 fully saturated rings. The smallest absolute Gasteiger partial charge is 0.317 e. The summed E-state index contributed by atoms with van der Waals surface area (Å²) in [6, 6.07) is 12.6. The molecule has 1 heterocycles. The number of urea groups is 1. The fourth-order valence-corrected chi connectivity index (χ4v) is 2.50. The van der Waals surface area contributed by atoms with E-state index in [4.69, 9.17) is 25.8 Å². The first-order chi connectivity index (χ1) is 12.1. The molecule has 0 radical (unpaired) electrons. The van der Waals surface area contributed by atoms with E-state index in [1.54, 1.807) is 36.2 Å². The molecule has 6 nitrogen and oxygen atoms in total. The summed E-state index contributed by atoms with van der Waals surface area (Å²) in [5.74, 6) is 2.16. The van der Waals surface area contributed by atoms with Crippen molar-refractivity contribution in [2.75, 3.05) is 27.0 Å². The molecule has 1 aliphatic heterocycles. The third kappa shape index (κ3) is 4.70. The van der Waals surface area contributed by atoms with Crippen LogP contribution >= 0.6 is 11.6 Å². The SMILES string of the molecule is CN(Cc1ccc2c(c1)OCO2)C(=O)NCCOc1ccc(Cl)cc1. The Bertz CT molecular complexity index is 736. The van der Waals surface area contributed by atoms with Crippen molar-refractivity contribution < 1.29 is 19.0 Å². The van der Waals surface area contributed by atoms with E-state index in [-0.39, 0.29) is 12.8 Å². The first-order valence-electron chi connectivity index (χ1n) is 7.88. The van der Waals surface area contributed by atoms with Gasteiger partial charge in [-0.25, -0.2) is 4.79 Å². The maximum absolute atomic E-state index is 12.1. The quantitative estimate of drug-likeness (QED) is 0.801. The lowest BCUT2D eigenvalue weighted by atomic mass is 10.2. The highest BCUT2D eigenvalue weighted by Gasteiger charge is 2.15. The van der Waals surface area contributed by atoms with Gasteiger partial charge in [0, 0.05) is 18.6 Å². The minimum atomic E-state index is -0.169. The molecule has 0 atom stereocenters. The van der Waals surface area contributed by atoms with E-state index in [0.717, 1.165) is 11.3 Å². The number of nitrogens with one attached hydrogen (secondary N) is 1. The van der Waals surface area contributed by atoms with Crippen molar-refractivity contribution in [2.24, 2.45) is 0 Å². The number of hydrogen-bond donors (Lipinski definition) is 1. The van der Waals surface area contributed by atoms with Gasteiger partial charge in [0.1, 0.15) is 12.4 Å². The predicted molar refractivity (Wildman–Crippen MR) is 94.4 cm³/mol. The third-order valence-electron chi connectivity index (χ3n) is 3.66. The van der Waals surface area contributed by atoms with Crippen molar-refractivity contribution in [3.8, 4) is 17.2 Å². The highest BCUT2D eigenvalue weighted by atomic mass is 35.5. The molecule has 1 N–H and O–H groups in total. The van der Waals surface area contributed by atoms with Crippen LogP contribution in [0.2, 0.25) is 5.02 Å². The van der Waals surface area contributed by atoms with Crippen molar-refractivity contribution in [2.45, 2.75) is 6.54 Å². The second-order valence-corrected chi connectivity index (χ2v) is 6.01. The number of halogens is 1. The molecule has 0 aromatic heterocycles. The van der Waals surface area contributed by atoms with Gasteiger partial charge in [0.15, 0.2) is 11.5 Å². The van der Waals surface area contributed by atoms with Crippen LogP contribution in [0.1, 0.15) is 5.56 Å². The van der Waals surface area contributed by atoms with E-state index in [9.17, 15) is 4.79 Å². The summed E-state index contributed by atoms with van der Waals surface area (Å²) in [7, 11) is 1.74. The number of carbonyl (C=O) groups excluding carboxylic acids is 1. The van der Waals surface area contributed by atoms with Gasteiger partial charge in [-0.15, -0.1) is 0 Å². The molecule has 3 rings (SSSR count). The lowest BCUT2D eigenvalue weighted by molar-refractivity contribution is 0.174. The van der Waals surface area contributed by atoms with Crippen LogP contribution in [0.25, 0.3) is 0 Å². The number of fused-ring (bicyclic) bond motifs is 1. The average Bonchev–Trinajstić information content (AvgIpc) is 3.07. The van der Waals surface area contributed by atoms with Gasteiger partial charge in [0.2, 0.25) is 6.79 Å². The maximum Gasteiger partial charge on any atom is 0.317 e. The molecule has 25 heavy (non-hydrogen) atoms. The van der Waals surface area contributed by atoms with Crippen molar-refractivity contribution in [1.29, 1.82) is 0 Å². The molecule has 0 spiro atoms. The van der Waals surface area contributed by atoms with E-state index in [2.05, 4.69) is 5.32 Å². The highest BCUT2D eigenvalue weighted by molar-refractivity contribution is 6.30. The molecule has 0 saturated carbocycles. The number of rotatable bonds is 6. The minimum Gasteiger partial charge on any atom is -0.492 e. The van der Waals surface area contributed by atoms with E-state index in [0.29, 0.717) is 36.2 Å². The molecular weight excluding hydrogens is 344 g/mol. The molecule has 2 aromatic rings. The van der Waals surface area contributed by atoms with Gasteiger partial charge in [0.25, 0.3) is 0 Å². The van der Waals surface area contributed by atoms with Crippen LogP contribution < -0.4 is 19.5 Å². The largest absolute Gasteiger partial charge is 0.492 e. The Morgan fingerprint density at radius 2 is 1.96 bits per heavy atom. The van der Waals surface area contributed by atoms with Gasteiger partial charge in [-0.3, -0.25) is 0 Å². The number of hydrogen-bond acceptors (Lipinski definition) is 4. The van der Waals surface area contributed by atoms with Gasteiger partial charge in [-0.1, -0.05) is 17.7 Å². The Hall–Kier alpha value is -2.60. The van der Waals surface area contributed by atoms with Crippen LogP contribution in [-0.4, -0.2) is 37.9 Å². The van der Waals surface area contributed by atoms with E-state index in [1.807, 2.05) is 18.2 Å². The van der Waals surface area contributed by atoms with Crippen LogP contribution in [-0.2, 0) is 6.54 Å². The molecule has 2 aromatic carbocycles. The Balaban J connectivity index is 1.41. The summed E-state index contributed by atoms with van der Waals surface area (Å²) in [6.45, 7) is 1.50. The topological polar surface area (TPSA) is 60.0 Å². The van der Waals surface area contributed by atoms with E-state index >= 15 is 0 Å². The predicted octanol–water partition coefficient (Wildman–Crippen LogP) is 3.29. The summed E-state index contributed by atoms with van der Waals surface area (Å²) in [4.78, 5) is 13.7. The zero-order valence-electron chi connectivity index (χ0n) is 13.8. The Kier molecular flexibility index (Phi) is 5.50.